The smallest absolute Gasteiger partial charge is 0.321 e. The van der Waals surface area contributed by atoms with Gasteiger partial charge >= 0.3 is 5.97 Å². The van der Waals surface area contributed by atoms with Crippen molar-refractivity contribution in [1.82, 2.24) is 5.32 Å². The summed E-state index contributed by atoms with van der Waals surface area (Å²) in [5.74, 6) is -1.05. The molecule has 3 N–H and O–H groups in total. The number of carbonyl (C=O) groups excluding carboxylic acids is 1. The summed E-state index contributed by atoms with van der Waals surface area (Å²) in [6.45, 7) is 3.86. The van der Waals surface area contributed by atoms with Crippen LogP contribution < -0.4 is 10.6 Å². The molecule has 0 aliphatic carbocycles. The number of hydrogen-bond donors (Lipinski definition) is 3. The number of amides is 1. The van der Waals surface area contributed by atoms with Crippen LogP contribution in [0.3, 0.4) is 0 Å². The molecule has 0 aliphatic heterocycles. The van der Waals surface area contributed by atoms with E-state index in [4.69, 9.17) is 0 Å². The van der Waals surface area contributed by atoms with Crippen LogP contribution in [0.4, 0.5) is 5.69 Å². The average molecular weight is 354 g/mol. The van der Waals surface area contributed by atoms with Gasteiger partial charge in [-0.15, -0.1) is 0 Å². The van der Waals surface area contributed by atoms with E-state index in [1.165, 1.54) is 0 Å². The number of anilines is 1. The van der Waals surface area contributed by atoms with Gasteiger partial charge in [-0.3, -0.25) is 9.59 Å². The van der Waals surface area contributed by atoms with E-state index in [0.717, 1.165) is 23.2 Å². The third-order valence-electron chi connectivity index (χ3n) is 4.23. The fraction of sp³-hybridized carbons (Fsp3) is 0.333. The molecule has 0 radical (unpaired) electrons. The minimum atomic E-state index is -0.919. The molecule has 0 fully saturated rings. The lowest BCUT2D eigenvalue weighted by Crippen LogP contribution is -2.44. The minimum Gasteiger partial charge on any atom is -0.480 e. The molecule has 0 aromatic heterocycles. The first-order valence-corrected chi connectivity index (χ1v) is 8.90. The molecule has 0 saturated carbocycles. The van der Waals surface area contributed by atoms with E-state index in [-0.39, 0.29) is 18.4 Å². The van der Waals surface area contributed by atoms with E-state index < -0.39 is 12.0 Å². The molecule has 5 heteroatoms. The lowest BCUT2D eigenvalue weighted by atomic mass is 10.0. The predicted molar refractivity (Wildman–Crippen MR) is 103 cm³/mol. The zero-order valence-corrected chi connectivity index (χ0v) is 15.2. The average Bonchev–Trinajstić information content (AvgIpc) is 2.62. The Hall–Kier alpha value is -2.66. The van der Waals surface area contributed by atoms with Gasteiger partial charge in [0.1, 0.15) is 6.04 Å². The lowest BCUT2D eigenvalue weighted by Gasteiger charge is -2.20. The highest BCUT2D eigenvalue weighted by molar-refractivity contribution is 5.91. The van der Waals surface area contributed by atoms with E-state index in [1.54, 1.807) is 0 Å². The van der Waals surface area contributed by atoms with Gasteiger partial charge in [0, 0.05) is 18.2 Å². The van der Waals surface area contributed by atoms with Crippen LogP contribution in [-0.4, -0.2) is 29.1 Å². The van der Waals surface area contributed by atoms with Gasteiger partial charge in [-0.05, 0) is 37.0 Å². The number of carbonyl (C=O) groups is 2. The third kappa shape index (κ3) is 6.01. The molecule has 2 rings (SSSR count). The molecular formula is C21H26N2O3. The Bertz CT molecular complexity index is 731. The molecule has 0 saturated heterocycles. The quantitative estimate of drug-likeness (QED) is 0.646. The zero-order valence-electron chi connectivity index (χ0n) is 15.2. The topological polar surface area (TPSA) is 78.4 Å². The normalized spacial score (nSPS) is 13.0. The fourth-order valence-electron chi connectivity index (χ4n) is 2.90. The van der Waals surface area contributed by atoms with Gasteiger partial charge in [0.25, 0.3) is 0 Å². The number of aliphatic carboxylic acids is 1. The van der Waals surface area contributed by atoms with Gasteiger partial charge in [0.2, 0.25) is 5.91 Å². The Morgan fingerprint density at radius 2 is 1.69 bits per heavy atom. The molecule has 5 nitrogen and oxygen atoms in total. The minimum absolute atomic E-state index is 0.130. The maximum absolute atomic E-state index is 12.3. The van der Waals surface area contributed by atoms with Gasteiger partial charge < -0.3 is 15.7 Å². The molecule has 138 valence electrons. The number of rotatable bonds is 9. The van der Waals surface area contributed by atoms with Crippen molar-refractivity contribution in [3.63, 3.8) is 0 Å². The second-order valence-electron chi connectivity index (χ2n) is 6.41. The van der Waals surface area contributed by atoms with E-state index in [1.807, 2.05) is 68.4 Å². The summed E-state index contributed by atoms with van der Waals surface area (Å²) in [7, 11) is 0. The number of aryl methyl sites for hydroxylation is 1. The third-order valence-corrected chi connectivity index (χ3v) is 4.23. The first-order valence-electron chi connectivity index (χ1n) is 8.90. The summed E-state index contributed by atoms with van der Waals surface area (Å²) < 4.78 is 0. The highest BCUT2D eigenvalue weighted by atomic mass is 16.4. The van der Waals surface area contributed by atoms with Crippen molar-refractivity contribution in [2.24, 2.45) is 0 Å². The number of nitrogens with one attached hydrogen (secondary N) is 2. The summed E-state index contributed by atoms with van der Waals surface area (Å²) in [5.41, 5.74) is 2.83. The summed E-state index contributed by atoms with van der Waals surface area (Å²) in [6.07, 6.45) is 1.42. The van der Waals surface area contributed by atoms with Crippen LogP contribution in [0.5, 0.6) is 0 Å². The summed E-state index contributed by atoms with van der Waals surface area (Å²) in [4.78, 5) is 23.8. The van der Waals surface area contributed by atoms with Crippen LogP contribution in [0.1, 0.15) is 31.4 Å². The maximum atomic E-state index is 12.3. The van der Waals surface area contributed by atoms with Crippen LogP contribution >= 0.6 is 0 Å². The van der Waals surface area contributed by atoms with Gasteiger partial charge in [-0.1, -0.05) is 55.5 Å². The highest BCUT2D eigenvalue weighted by Gasteiger charge is 2.21. The van der Waals surface area contributed by atoms with Gasteiger partial charge in [0.15, 0.2) is 0 Å². The maximum Gasteiger partial charge on any atom is 0.321 e. The van der Waals surface area contributed by atoms with Crippen molar-refractivity contribution in [2.75, 3.05) is 5.32 Å². The van der Waals surface area contributed by atoms with Crippen LogP contribution in [0.25, 0.3) is 0 Å². The van der Waals surface area contributed by atoms with Crippen molar-refractivity contribution in [3.8, 4) is 0 Å². The molecular weight excluding hydrogens is 328 g/mol. The predicted octanol–water partition coefficient (Wildman–Crippen LogP) is 3.25. The molecule has 0 bridgehead atoms. The number of hydrogen-bond acceptors (Lipinski definition) is 3. The first kappa shape index (κ1) is 19.7. The molecule has 26 heavy (non-hydrogen) atoms. The monoisotopic (exact) mass is 354 g/mol. The van der Waals surface area contributed by atoms with Crippen molar-refractivity contribution in [3.05, 3.63) is 65.7 Å². The molecule has 2 aromatic carbocycles. The fourth-order valence-corrected chi connectivity index (χ4v) is 2.90. The van der Waals surface area contributed by atoms with Crippen molar-refractivity contribution in [2.45, 2.75) is 45.2 Å². The van der Waals surface area contributed by atoms with Crippen LogP contribution in [0.2, 0.25) is 0 Å². The lowest BCUT2D eigenvalue weighted by molar-refractivity contribution is -0.139. The van der Waals surface area contributed by atoms with E-state index >= 15 is 0 Å². The molecule has 0 spiro atoms. The van der Waals surface area contributed by atoms with Crippen molar-refractivity contribution < 1.29 is 14.7 Å². The molecule has 0 heterocycles. The van der Waals surface area contributed by atoms with Crippen LogP contribution in [-0.2, 0) is 22.4 Å². The Morgan fingerprint density at radius 3 is 2.35 bits per heavy atom. The number of carboxylic acid groups (broad SMARTS) is 1. The second-order valence-corrected chi connectivity index (χ2v) is 6.41. The number of carboxylic acids is 1. The summed E-state index contributed by atoms with van der Waals surface area (Å²) in [5, 5.41) is 15.4. The Kier molecular flexibility index (Phi) is 7.36. The van der Waals surface area contributed by atoms with Gasteiger partial charge in [-0.25, -0.2) is 0 Å². The van der Waals surface area contributed by atoms with E-state index in [0.29, 0.717) is 6.42 Å². The molecule has 2 atom stereocenters. The SMILES string of the molecule is CCc1ccccc1NC(=O)CC(C)N[C@H](Cc1ccccc1)C(=O)O. The Balaban J connectivity index is 1.91. The Morgan fingerprint density at radius 1 is 1.04 bits per heavy atom. The van der Waals surface area contributed by atoms with Gasteiger partial charge in [-0.2, -0.15) is 0 Å². The molecule has 0 aliphatic rings. The van der Waals surface area contributed by atoms with Gasteiger partial charge in [0.05, 0.1) is 0 Å². The molecule has 2 aromatic rings. The van der Waals surface area contributed by atoms with E-state index in [2.05, 4.69) is 10.6 Å². The molecule has 1 unspecified atom stereocenters. The summed E-state index contributed by atoms with van der Waals surface area (Å²) in [6, 6.07) is 16.2. The first-order chi connectivity index (χ1) is 12.5. The number of para-hydroxylation sites is 1. The highest BCUT2D eigenvalue weighted by Crippen LogP contribution is 2.16. The Labute approximate surface area is 154 Å². The van der Waals surface area contributed by atoms with Crippen molar-refractivity contribution in [1.29, 1.82) is 0 Å². The van der Waals surface area contributed by atoms with Crippen LogP contribution in [0.15, 0.2) is 54.6 Å². The van der Waals surface area contributed by atoms with E-state index in [9.17, 15) is 14.7 Å². The zero-order chi connectivity index (χ0) is 18.9. The number of benzene rings is 2. The largest absolute Gasteiger partial charge is 0.480 e. The van der Waals surface area contributed by atoms with Crippen molar-refractivity contribution >= 4 is 17.6 Å². The van der Waals surface area contributed by atoms with Crippen LogP contribution in [0, 0.1) is 0 Å². The standard InChI is InChI=1S/C21H26N2O3/c1-3-17-11-7-8-12-18(17)23-20(24)13-15(2)22-19(21(25)26)14-16-9-5-4-6-10-16/h4-12,15,19,22H,3,13-14H2,1-2H3,(H,23,24)(H,25,26)/t15?,19-/m1/s1. The summed E-state index contributed by atoms with van der Waals surface area (Å²) >= 11 is 0. The second kappa shape index (κ2) is 9.73. The molecule has 1 amide bonds.